The molecular formula is C15H22N8. The second-order valence-electron chi connectivity index (χ2n) is 6.08. The van der Waals surface area contributed by atoms with E-state index in [9.17, 15) is 0 Å². The number of hydrogen-bond donors (Lipinski definition) is 1. The van der Waals surface area contributed by atoms with Gasteiger partial charge in [0.1, 0.15) is 18.0 Å². The molecule has 3 rings (SSSR count). The summed E-state index contributed by atoms with van der Waals surface area (Å²) < 4.78 is 3.84. The normalized spacial score (nSPS) is 13.0. The summed E-state index contributed by atoms with van der Waals surface area (Å²) in [6.45, 7) is 10.1. The van der Waals surface area contributed by atoms with Crippen LogP contribution < -0.4 is 5.32 Å². The van der Waals surface area contributed by atoms with E-state index in [4.69, 9.17) is 0 Å². The van der Waals surface area contributed by atoms with E-state index >= 15 is 0 Å². The summed E-state index contributed by atoms with van der Waals surface area (Å²) in [4.78, 5) is 9.06. The molecule has 122 valence electrons. The maximum Gasteiger partial charge on any atom is 0.163 e. The van der Waals surface area contributed by atoms with Gasteiger partial charge >= 0.3 is 0 Å². The number of nitrogens with zero attached hydrogens (tertiary/aromatic N) is 7. The third kappa shape index (κ3) is 2.64. The number of aromatic nitrogens is 7. The molecule has 1 unspecified atom stereocenters. The summed E-state index contributed by atoms with van der Waals surface area (Å²) in [5, 5.41) is 17.1. The number of fused-ring (bicyclic) bond motifs is 1. The van der Waals surface area contributed by atoms with E-state index in [-0.39, 0.29) is 6.04 Å². The molecule has 0 aliphatic rings. The van der Waals surface area contributed by atoms with Crippen LogP contribution in [-0.4, -0.2) is 34.5 Å². The molecule has 3 aromatic heterocycles. The SMILES string of the molecule is Cc1nc(NC(C)c2nncn2C(C)C)c2c(C)nn(C)c2n1. The molecule has 0 amide bonds. The number of anilines is 1. The van der Waals surface area contributed by atoms with E-state index < -0.39 is 0 Å². The lowest BCUT2D eigenvalue weighted by Crippen LogP contribution is -2.16. The van der Waals surface area contributed by atoms with Gasteiger partial charge in [-0.3, -0.25) is 4.68 Å². The second-order valence-corrected chi connectivity index (χ2v) is 6.08. The van der Waals surface area contributed by atoms with Crippen molar-refractivity contribution in [2.45, 2.75) is 46.7 Å². The molecule has 8 nitrogen and oxygen atoms in total. The highest BCUT2D eigenvalue weighted by molar-refractivity contribution is 5.89. The van der Waals surface area contributed by atoms with Crippen molar-refractivity contribution in [3.8, 4) is 0 Å². The van der Waals surface area contributed by atoms with Gasteiger partial charge in [-0.15, -0.1) is 10.2 Å². The maximum absolute atomic E-state index is 4.57. The highest BCUT2D eigenvalue weighted by Gasteiger charge is 2.19. The molecule has 3 aromatic rings. The topological polar surface area (TPSA) is 86.3 Å². The van der Waals surface area contributed by atoms with E-state index in [2.05, 4.69) is 55.9 Å². The molecule has 0 saturated carbocycles. The van der Waals surface area contributed by atoms with Crippen LogP contribution in [0, 0.1) is 13.8 Å². The number of nitrogens with one attached hydrogen (secondary N) is 1. The Balaban J connectivity index is 2.03. The quantitative estimate of drug-likeness (QED) is 0.795. The van der Waals surface area contributed by atoms with Crippen molar-refractivity contribution >= 4 is 16.9 Å². The molecule has 0 aliphatic carbocycles. The Morgan fingerprint density at radius 1 is 1.13 bits per heavy atom. The largest absolute Gasteiger partial charge is 0.360 e. The fourth-order valence-electron chi connectivity index (χ4n) is 2.78. The Bertz CT molecular complexity index is 845. The van der Waals surface area contributed by atoms with Crippen molar-refractivity contribution < 1.29 is 0 Å². The highest BCUT2D eigenvalue weighted by Crippen LogP contribution is 2.27. The van der Waals surface area contributed by atoms with Gasteiger partial charge < -0.3 is 9.88 Å². The minimum Gasteiger partial charge on any atom is -0.360 e. The lowest BCUT2D eigenvalue weighted by molar-refractivity contribution is 0.552. The van der Waals surface area contributed by atoms with E-state index in [1.165, 1.54) is 0 Å². The molecule has 0 aliphatic heterocycles. The van der Waals surface area contributed by atoms with Crippen LogP contribution in [0.1, 0.15) is 50.2 Å². The minimum atomic E-state index is -0.0305. The molecule has 1 atom stereocenters. The molecule has 1 N–H and O–H groups in total. The summed E-state index contributed by atoms with van der Waals surface area (Å²) in [6.07, 6.45) is 1.76. The third-order valence-corrected chi connectivity index (χ3v) is 3.87. The van der Waals surface area contributed by atoms with E-state index in [0.29, 0.717) is 11.9 Å². The predicted molar refractivity (Wildman–Crippen MR) is 88.2 cm³/mol. The number of rotatable bonds is 4. The van der Waals surface area contributed by atoms with Crippen molar-refractivity contribution in [2.24, 2.45) is 7.05 Å². The van der Waals surface area contributed by atoms with Gasteiger partial charge in [0.05, 0.1) is 17.1 Å². The summed E-state index contributed by atoms with van der Waals surface area (Å²) in [5.74, 6) is 2.37. The molecular weight excluding hydrogens is 292 g/mol. The van der Waals surface area contributed by atoms with E-state index in [1.807, 2.05) is 20.9 Å². The van der Waals surface area contributed by atoms with Crippen molar-refractivity contribution in [2.75, 3.05) is 5.32 Å². The van der Waals surface area contributed by atoms with Gasteiger partial charge in [0.2, 0.25) is 0 Å². The molecule has 0 radical (unpaired) electrons. The van der Waals surface area contributed by atoms with Gasteiger partial charge in [-0.25, -0.2) is 9.97 Å². The Morgan fingerprint density at radius 2 is 1.87 bits per heavy atom. The zero-order chi connectivity index (χ0) is 16.7. The Labute approximate surface area is 135 Å². The average molecular weight is 314 g/mol. The molecule has 3 heterocycles. The predicted octanol–water partition coefficient (Wildman–Crippen LogP) is 2.33. The number of aryl methyl sites for hydroxylation is 3. The first-order valence-electron chi connectivity index (χ1n) is 7.72. The summed E-state index contributed by atoms with van der Waals surface area (Å²) in [5.41, 5.74) is 1.73. The van der Waals surface area contributed by atoms with Crippen LogP contribution in [0.2, 0.25) is 0 Å². The molecule has 0 bridgehead atoms. The monoisotopic (exact) mass is 314 g/mol. The van der Waals surface area contributed by atoms with Gasteiger partial charge in [-0.1, -0.05) is 0 Å². The van der Waals surface area contributed by atoms with E-state index in [1.54, 1.807) is 11.0 Å². The van der Waals surface area contributed by atoms with Crippen LogP contribution in [-0.2, 0) is 7.05 Å². The van der Waals surface area contributed by atoms with Gasteiger partial charge in [0.15, 0.2) is 11.5 Å². The van der Waals surface area contributed by atoms with Crippen molar-refractivity contribution in [3.05, 3.63) is 23.7 Å². The second kappa shape index (κ2) is 5.60. The Kier molecular flexibility index (Phi) is 3.75. The maximum atomic E-state index is 4.57. The highest BCUT2D eigenvalue weighted by atomic mass is 15.3. The molecule has 0 fully saturated rings. The minimum absolute atomic E-state index is 0.0305. The number of hydrogen-bond acceptors (Lipinski definition) is 6. The smallest absolute Gasteiger partial charge is 0.163 e. The summed E-state index contributed by atoms with van der Waals surface area (Å²) >= 11 is 0. The average Bonchev–Trinajstić information content (AvgIpc) is 3.05. The van der Waals surface area contributed by atoms with E-state index in [0.717, 1.165) is 28.4 Å². The molecule has 0 saturated heterocycles. The van der Waals surface area contributed by atoms with Crippen molar-refractivity contribution in [1.29, 1.82) is 0 Å². The van der Waals surface area contributed by atoms with Gasteiger partial charge in [-0.2, -0.15) is 5.10 Å². The lowest BCUT2D eigenvalue weighted by Gasteiger charge is -2.18. The third-order valence-electron chi connectivity index (χ3n) is 3.87. The zero-order valence-corrected chi connectivity index (χ0v) is 14.4. The van der Waals surface area contributed by atoms with Crippen molar-refractivity contribution in [3.63, 3.8) is 0 Å². The summed E-state index contributed by atoms with van der Waals surface area (Å²) in [7, 11) is 1.89. The molecule has 8 heteroatoms. The zero-order valence-electron chi connectivity index (χ0n) is 14.4. The van der Waals surface area contributed by atoms with Crippen LogP contribution in [0.4, 0.5) is 5.82 Å². The first-order valence-corrected chi connectivity index (χ1v) is 7.72. The van der Waals surface area contributed by atoms with Crippen LogP contribution in [0.15, 0.2) is 6.33 Å². The van der Waals surface area contributed by atoms with Crippen LogP contribution in [0.25, 0.3) is 11.0 Å². The fraction of sp³-hybridized carbons (Fsp3) is 0.533. The lowest BCUT2D eigenvalue weighted by atomic mass is 10.2. The molecule has 0 spiro atoms. The summed E-state index contributed by atoms with van der Waals surface area (Å²) in [6, 6.07) is 0.272. The van der Waals surface area contributed by atoms with Crippen molar-refractivity contribution in [1.82, 2.24) is 34.5 Å². The van der Waals surface area contributed by atoms with Gasteiger partial charge in [0, 0.05) is 13.1 Å². The molecule has 23 heavy (non-hydrogen) atoms. The van der Waals surface area contributed by atoms with Crippen LogP contribution in [0.5, 0.6) is 0 Å². The van der Waals surface area contributed by atoms with Gasteiger partial charge in [-0.05, 0) is 34.6 Å². The standard InChI is InChI=1S/C15H22N8/c1-8(2)23-7-16-20-14(23)10(4)17-13-12-9(3)21-22(6)15(12)19-11(5)18-13/h7-8,10H,1-6H3,(H,17,18,19). The first kappa shape index (κ1) is 15.4. The van der Waals surface area contributed by atoms with Crippen LogP contribution in [0.3, 0.4) is 0 Å². The van der Waals surface area contributed by atoms with Gasteiger partial charge in [0.25, 0.3) is 0 Å². The fourth-order valence-corrected chi connectivity index (χ4v) is 2.78. The first-order chi connectivity index (χ1) is 10.9. The Hall–Kier alpha value is -2.51. The van der Waals surface area contributed by atoms with Crippen LogP contribution >= 0.6 is 0 Å². The Morgan fingerprint density at radius 3 is 2.57 bits per heavy atom. The molecule has 0 aromatic carbocycles.